The van der Waals surface area contributed by atoms with Crippen LogP contribution in [0.4, 0.5) is 13.2 Å². The molecule has 2 rings (SSSR count). The summed E-state index contributed by atoms with van der Waals surface area (Å²) >= 11 is 3.47. The lowest BCUT2D eigenvalue weighted by Gasteiger charge is -2.39. The van der Waals surface area contributed by atoms with Crippen LogP contribution >= 0.6 is 28.3 Å². The Kier molecular flexibility index (Phi) is 8.53. The molecule has 24 heavy (non-hydrogen) atoms. The molecule has 0 bridgehead atoms. The first-order chi connectivity index (χ1) is 10.8. The van der Waals surface area contributed by atoms with Gasteiger partial charge in [0.15, 0.2) is 0 Å². The molecule has 1 heterocycles. The maximum Gasteiger partial charge on any atom is 0.416 e. The number of hydrogen-bond acceptors (Lipinski definition) is 2. The highest BCUT2D eigenvalue weighted by molar-refractivity contribution is 9.10. The molecule has 7 heteroatoms. The monoisotopic (exact) mass is 428 g/mol. The van der Waals surface area contributed by atoms with Gasteiger partial charge in [0.05, 0.1) is 5.56 Å². The SMILES string of the molecule is CCCC(C)[C@@H](c1cc(C(F)(F)F)ccc1Br)N1CCNCC1.Cl. The predicted octanol–water partition coefficient (Wildman–Crippen LogP) is 5.27. The van der Waals surface area contributed by atoms with E-state index in [1.165, 1.54) is 12.1 Å². The standard InChI is InChI=1S/C17H24BrF3N2.ClH/c1-3-4-12(2)16(23-9-7-22-8-10-23)14-11-13(17(19,20)21)5-6-15(14)18;/h5-6,11-12,16,22H,3-4,7-10H2,1-2H3;1H/t12?,16-;/m0./s1. The summed E-state index contributed by atoms with van der Waals surface area (Å²) < 4.78 is 40.1. The topological polar surface area (TPSA) is 15.3 Å². The van der Waals surface area contributed by atoms with E-state index < -0.39 is 11.7 Å². The van der Waals surface area contributed by atoms with Gasteiger partial charge in [-0.25, -0.2) is 0 Å². The molecule has 0 aliphatic carbocycles. The van der Waals surface area contributed by atoms with Gasteiger partial charge in [-0.1, -0.05) is 36.2 Å². The summed E-state index contributed by atoms with van der Waals surface area (Å²) in [6, 6.07) is 4.01. The van der Waals surface area contributed by atoms with Crippen molar-refractivity contribution in [3.8, 4) is 0 Å². The summed E-state index contributed by atoms with van der Waals surface area (Å²) in [6.07, 6.45) is -2.28. The molecule has 0 amide bonds. The van der Waals surface area contributed by atoms with E-state index >= 15 is 0 Å². The minimum Gasteiger partial charge on any atom is -0.314 e. The molecule has 1 fully saturated rings. The molecule has 1 N–H and O–H groups in total. The molecule has 0 spiro atoms. The highest BCUT2D eigenvalue weighted by Crippen LogP contribution is 2.39. The number of rotatable bonds is 5. The molecule has 1 aliphatic heterocycles. The lowest BCUT2D eigenvalue weighted by atomic mass is 9.88. The van der Waals surface area contributed by atoms with Gasteiger partial charge in [0.25, 0.3) is 0 Å². The van der Waals surface area contributed by atoms with Gasteiger partial charge in [0, 0.05) is 36.7 Å². The van der Waals surface area contributed by atoms with E-state index in [1.807, 2.05) is 0 Å². The van der Waals surface area contributed by atoms with Crippen molar-refractivity contribution in [1.82, 2.24) is 10.2 Å². The number of nitrogens with one attached hydrogen (secondary N) is 1. The van der Waals surface area contributed by atoms with Crippen molar-refractivity contribution < 1.29 is 13.2 Å². The summed E-state index contributed by atoms with van der Waals surface area (Å²) in [6.45, 7) is 7.75. The van der Waals surface area contributed by atoms with E-state index in [4.69, 9.17) is 0 Å². The van der Waals surface area contributed by atoms with Gasteiger partial charge in [-0.2, -0.15) is 13.2 Å². The molecule has 1 aromatic rings. The number of halogens is 5. The third kappa shape index (κ3) is 5.35. The summed E-state index contributed by atoms with van der Waals surface area (Å²) in [5.74, 6) is 0.304. The quantitative estimate of drug-likeness (QED) is 0.686. The van der Waals surface area contributed by atoms with Crippen molar-refractivity contribution in [1.29, 1.82) is 0 Å². The van der Waals surface area contributed by atoms with Crippen LogP contribution in [0.2, 0.25) is 0 Å². The highest BCUT2D eigenvalue weighted by atomic mass is 79.9. The fourth-order valence-corrected chi connectivity index (χ4v) is 3.86. The summed E-state index contributed by atoms with van der Waals surface area (Å²) in [5, 5.41) is 3.31. The van der Waals surface area contributed by atoms with Gasteiger partial charge in [-0.05, 0) is 36.1 Å². The van der Waals surface area contributed by atoms with Crippen molar-refractivity contribution in [3.63, 3.8) is 0 Å². The minimum atomic E-state index is -4.31. The third-order valence-electron chi connectivity index (χ3n) is 4.47. The number of hydrogen-bond donors (Lipinski definition) is 1. The fraction of sp³-hybridized carbons (Fsp3) is 0.647. The van der Waals surface area contributed by atoms with Crippen LogP contribution in [0, 0.1) is 5.92 Å². The summed E-state index contributed by atoms with van der Waals surface area (Å²) in [7, 11) is 0. The van der Waals surface area contributed by atoms with Crippen LogP contribution in [-0.2, 0) is 6.18 Å². The van der Waals surface area contributed by atoms with E-state index in [0.717, 1.165) is 55.1 Å². The molecular weight excluding hydrogens is 405 g/mol. The molecule has 2 nitrogen and oxygen atoms in total. The summed E-state index contributed by atoms with van der Waals surface area (Å²) in [5.41, 5.74) is 0.183. The Hall–Kier alpha value is -0.300. The Bertz CT molecular complexity index is 519. The largest absolute Gasteiger partial charge is 0.416 e. The molecule has 0 saturated carbocycles. The molecule has 1 unspecified atom stereocenters. The lowest BCUT2D eigenvalue weighted by Crippen LogP contribution is -2.46. The second kappa shape index (κ2) is 9.41. The number of piperazine rings is 1. The van der Waals surface area contributed by atoms with Gasteiger partial charge in [-0.15, -0.1) is 12.4 Å². The zero-order valence-electron chi connectivity index (χ0n) is 14.0. The van der Waals surface area contributed by atoms with Crippen LogP contribution in [0.3, 0.4) is 0 Å². The van der Waals surface area contributed by atoms with Crippen molar-refractivity contribution >= 4 is 28.3 Å². The smallest absolute Gasteiger partial charge is 0.314 e. The normalized spacial score (nSPS) is 18.8. The Morgan fingerprint density at radius 3 is 2.42 bits per heavy atom. The maximum absolute atomic E-state index is 13.1. The van der Waals surface area contributed by atoms with Crippen LogP contribution in [0.5, 0.6) is 0 Å². The van der Waals surface area contributed by atoms with Gasteiger partial charge < -0.3 is 5.32 Å². The first kappa shape index (κ1) is 21.7. The molecule has 138 valence electrons. The van der Waals surface area contributed by atoms with Crippen LogP contribution in [-0.4, -0.2) is 31.1 Å². The first-order valence-electron chi connectivity index (χ1n) is 8.16. The Labute approximate surface area is 156 Å². The minimum absolute atomic E-state index is 0. The van der Waals surface area contributed by atoms with Crippen LogP contribution in [0.15, 0.2) is 22.7 Å². The van der Waals surface area contributed by atoms with Gasteiger partial charge in [-0.3, -0.25) is 4.90 Å². The van der Waals surface area contributed by atoms with Gasteiger partial charge in [0.2, 0.25) is 0 Å². The van der Waals surface area contributed by atoms with Gasteiger partial charge >= 0.3 is 6.18 Å². The fourth-order valence-electron chi connectivity index (χ4n) is 3.38. The number of nitrogens with zero attached hydrogens (tertiary/aromatic N) is 1. The van der Waals surface area contributed by atoms with Crippen molar-refractivity contribution in [2.45, 2.75) is 38.9 Å². The van der Waals surface area contributed by atoms with E-state index in [1.54, 1.807) is 0 Å². The molecular formula is C17H25BrClF3N2. The Morgan fingerprint density at radius 1 is 1.25 bits per heavy atom. The van der Waals surface area contributed by atoms with Crippen LogP contribution < -0.4 is 5.32 Å². The first-order valence-corrected chi connectivity index (χ1v) is 8.95. The van der Waals surface area contributed by atoms with E-state index in [-0.39, 0.29) is 18.4 Å². The molecule has 1 aromatic carbocycles. The van der Waals surface area contributed by atoms with E-state index in [0.29, 0.717) is 5.92 Å². The average molecular weight is 430 g/mol. The van der Waals surface area contributed by atoms with Crippen molar-refractivity contribution in [3.05, 3.63) is 33.8 Å². The Balaban J connectivity index is 0.00000288. The zero-order chi connectivity index (χ0) is 17.0. The number of benzene rings is 1. The van der Waals surface area contributed by atoms with Crippen LogP contribution in [0.25, 0.3) is 0 Å². The van der Waals surface area contributed by atoms with Crippen molar-refractivity contribution in [2.75, 3.05) is 26.2 Å². The zero-order valence-corrected chi connectivity index (χ0v) is 16.4. The molecule has 0 radical (unpaired) electrons. The average Bonchev–Trinajstić information content (AvgIpc) is 2.49. The van der Waals surface area contributed by atoms with E-state index in [2.05, 4.69) is 40.0 Å². The van der Waals surface area contributed by atoms with Crippen molar-refractivity contribution in [2.24, 2.45) is 5.92 Å². The second-order valence-electron chi connectivity index (χ2n) is 6.23. The molecule has 1 saturated heterocycles. The maximum atomic E-state index is 13.1. The molecule has 0 aromatic heterocycles. The highest BCUT2D eigenvalue weighted by Gasteiger charge is 2.34. The molecule has 2 atom stereocenters. The van der Waals surface area contributed by atoms with E-state index in [9.17, 15) is 13.2 Å². The summed E-state index contributed by atoms with van der Waals surface area (Å²) in [4.78, 5) is 2.32. The Morgan fingerprint density at radius 2 is 1.88 bits per heavy atom. The number of alkyl halides is 3. The van der Waals surface area contributed by atoms with Crippen LogP contribution in [0.1, 0.15) is 43.9 Å². The predicted molar refractivity (Wildman–Crippen MR) is 97.6 cm³/mol. The second-order valence-corrected chi connectivity index (χ2v) is 7.09. The lowest BCUT2D eigenvalue weighted by molar-refractivity contribution is -0.137. The van der Waals surface area contributed by atoms with Gasteiger partial charge in [0.1, 0.15) is 0 Å². The molecule has 1 aliphatic rings. The third-order valence-corrected chi connectivity index (χ3v) is 5.19.